The standard InChI is InChI=1S/C13H22N2O3/c1-18-8-2-3-13(17)15-7-6-11-10(9-15)4-5-12(16)14-11/h10-11H,2-9H2,1H3,(H,14,16). The highest BCUT2D eigenvalue weighted by Gasteiger charge is 2.34. The van der Waals surface area contributed by atoms with Crippen molar-refractivity contribution in [2.45, 2.75) is 38.1 Å². The third kappa shape index (κ3) is 3.22. The van der Waals surface area contributed by atoms with E-state index in [9.17, 15) is 9.59 Å². The Morgan fingerprint density at radius 3 is 3.11 bits per heavy atom. The summed E-state index contributed by atoms with van der Waals surface area (Å²) in [6.45, 7) is 2.21. The summed E-state index contributed by atoms with van der Waals surface area (Å²) in [4.78, 5) is 25.2. The third-order valence-corrected chi connectivity index (χ3v) is 3.91. The van der Waals surface area contributed by atoms with Gasteiger partial charge in [-0.05, 0) is 25.2 Å². The number of ether oxygens (including phenoxy) is 1. The van der Waals surface area contributed by atoms with E-state index >= 15 is 0 Å². The summed E-state index contributed by atoms with van der Waals surface area (Å²) in [7, 11) is 1.65. The van der Waals surface area contributed by atoms with Gasteiger partial charge in [0.25, 0.3) is 0 Å². The molecule has 18 heavy (non-hydrogen) atoms. The molecule has 0 aromatic rings. The number of amides is 2. The Kier molecular flexibility index (Phi) is 4.58. The van der Waals surface area contributed by atoms with Crippen LogP contribution in [0.25, 0.3) is 0 Å². The summed E-state index contributed by atoms with van der Waals surface area (Å²) in [6, 6.07) is 0.286. The average molecular weight is 254 g/mol. The molecule has 2 atom stereocenters. The van der Waals surface area contributed by atoms with Crippen LogP contribution < -0.4 is 5.32 Å². The Morgan fingerprint density at radius 2 is 2.33 bits per heavy atom. The highest BCUT2D eigenvalue weighted by molar-refractivity contribution is 5.78. The van der Waals surface area contributed by atoms with Gasteiger partial charge < -0.3 is 15.0 Å². The van der Waals surface area contributed by atoms with Gasteiger partial charge in [-0.2, -0.15) is 0 Å². The quantitative estimate of drug-likeness (QED) is 0.745. The molecule has 2 amide bonds. The molecule has 2 aliphatic rings. The molecule has 102 valence electrons. The first-order chi connectivity index (χ1) is 8.70. The van der Waals surface area contributed by atoms with Gasteiger partial charge in [-0.15, -0.1) is 0 Å². The molecule has 0 spiro atoms. The van der Waals surface area contributed by atoms with E-state index in [0.29, 0.717) is 25.4 Å². The van der Waals surface area contributed by atoms with E-state index in [0.717, 1.165) is 32.4 Å². The number of likely N-dealkylation sites (tertiary alicyclic amines) is 1. The third-order valence-electron chi connectivity index (χ3n) is 3.91. The van der Waals surface area contributed by atoms with E-state index in [4.69, 9.17) is 4.74 Å². The van der Waals surface area contributed by atoms with Crippen molar-refractivity contribution in [1.29, 1.82) is 0 Å². The zero-order chi connectivity index (χ0) is 13.0. The fraction of sp³-hybridized carbons (Fsp3) is 0.846. The van der Waals surface area contributed by atoms with E-state index in [1.807, 2.05) is 4.90 Å². The summed E-state index contributed by atoms with van der Waals surface area (Å²) in [5.41, 5.74) is 0. The van der Waals surface area contributed by atoms with E-state index in [1.165, 1.54) is 0 Å². The van der Waals surface area contributed by atoms with Crippen LogP contribution in [-0.2, 0) is 14.3 Å². The molecule has 2 aliphatic heterocycles. The molecule has 5 heteroatoms. The van der Waals surface area contributed by atoms with Crippen molar-refractivity contribution in [2.75, 3.05) is 26.8 Å². The van der Waals surface area contributed by atoms with Crippen molar-refractivity contribution in [1.82, 2.24) is 10.2 Å². The maximum Gasteiger partial charge on any atom is 0.222 e. The normalized spacial score (nSPS) is 27.6. The fourth-order valence-corrected chi connectivity index (χ4v) is 2.86. The molecule has 2 unspecified atom stereocenters. The van der Waals surface area contributed by atoms with Crippen molar-refractivity contribution in [3.05, 3.63) is 0 Å². The Hall–Kier alpha value is -1.10. The van der Waals surface area contributed by atoms with E-state index in [2.05, 4.69) is 5.32 Å². The summed E-state index contributed by atoms with van der Waals surface area (Å²) >= 11 is 0. The minimum atomic E-state index is 0.163. The molecular weight excluding hydrogens is 232 g/mol. The minimum Gasteiger partial charge on any atom is -0.385 e. The zero-order valence-electron chi connectivity index (χ0n) is 11.0. The van der Waals surface area contributed by atoms with Gasteiger partial charge in [0, 0.05) is 45.7 Å². The number of nitrogens with one attached hydrogen (secondary N) is 1. The first kappa shape index (κ1) is 13.3. The lowest BCUT2D eigenvalue weighted by Crippen LogP contribution is -2.55. The first-order valence-electron chi connectivity index (χ1n) is 6.77. The van der Waals surface area contributed by atoms with Gasteiger partial charge in [0.15, 0.2) is 0 Å². The first-order valence-corrected chi connectivity index (χ1v) is 6.77. The molecule has 5 nitrogen and oxygen atoms in total. The molecular formula is C13H22N2O3. The highest BCUT2D eigenvalue weighted by atomic mass is 16.5. The number of piperidine rings is 2. The monoisotopic (exact) mass is 254 g/mol. The van der Waals surface area contributed by atoms with Crippen LogP contribution in [0.3, 0.4) is 0 Å². The number of carbonyl (C=O) groups excluding carboxylic acids is 2. The van der Waals surface area contributed by atoms with Crippen LogP contribution in [0, 0.1) is 5.92 Å². The molecule has 0 bridgehead atoms. The second kappa shape index (κ2) is 6.18. The number of hydrogen-bond donors (Lipinski definition) is 1. The maximum atomic E-state index is 12.0. The van der Waals surface area contributed by atoms with Crippen molar-refractivity contribution in [3.8, 4) is 0 Å². The van der Waals surface area contributed by atoms with Crippen LogP contribution in [0.2, 0.25) is 0 Å². The Labute approximate surface area is 108 Å². The smallest absolute Gasteiger partial charge is 0.222 e. The predicted octanol–water partition coefficient (Wildman–Crippen LogP) is 0.540. The van der Waals surface area contributed by atoms with Gasteiger partial charge in [-0.25, -0.2) is 0 Å². The molecule has 2 fully saturated rings. The Morgan fingerprint density at radius 1 is 1.50 bits per heavy atom. The minimum absolute atomic E-state index is 0.163. The highest BCUT2D eigenvalue weighted by Crippen LogP contribution is 2.25. The van der Waals surface area contributed by atoms with Gasteiger partial charge in [0.05, 0.1) is 0 Å². The number of carbonyl (C=O) groups is 2. The van der Waals surface area contributed by atoms with Gasteiger partial charge in [-0.3, -0.25) is 9.59 Å². The zero-order valence-corrected chi connectivity index (χ0v) is 11.0. The van der Waals surface area contributed by atoms with Gasteiger partial charge in [0.2, 0.25) is 11.8 Å². The van der Waals surface area contributed by atoms with Crippen LogP contribution in [0.5, 0.6) is 0 Å². The van der Waals surface area contributed by atoms with Crippen molar-refractivity contribution in [2.24, 2.45) is 5.92 Å². The van der Waals surface area contributed by atoms with E-state index in [1.54, 1.807) is 7.11 Å². The lowest BCUT2D eigenvalue weighted by molar-refractivity contribution is -0.135. The summed E-state index contributed by atoms with van der Waals surface area (Å²) in [5.74, 6) is 0.835. The van der Waals surface area contributed by atoms with Crippen molar-refractivity contribution in [3.63, 3.8) is 0 Å². The number of methoxy groups -OCH3 is 1. The lowest BCUT2D eigenvalue weighted by atomic mass is 9.85. The predicted molar refractivity (Wildman–Crippen MR) is 67.0 cm³/mol. The molecule has 2 saturated heterocycles. The topological polar surface area (TPSA) is 58.6 Å². The summed E-state index contributed by atoms with van der Waals surface area (Å²) in [6.07, 6.45) is 3.77. The van der Waals surface area contributed by atoms with Crippen molar-refractivity contribution >= 4 is 11.8 Å². The summed E-state index contributed by atoms with van der Waals surface area (Å²) < 4.78 is 4.96. The maximum absolute atomic E-state index is 12.0. The Balaban J connectivity index is 1.79. The Bertz CT molecular complexity index is 319. The van der Waals surface area contributed by atoms with Crippen LogP contribution in [0.4, 0.5) is 0 Å². The number of fused-ring (bicyclic) bond motifs is 1. The number of hydrogen-bond acceptors (Lipinski definition) is 3. The molecule has 0 aromatic heterocycles. The summed E-state index contributed by atoms with van der Waals surface area (Å²) in [5, 5.41) is 3.03. The van der Waals surface area contributed by atoms with Crippen LogP contribution in [0.15, 0.2) is 0 Å². The van der Waals surface area contributed by atoms with Crippen LogP contribution in [0.1, 0.15) is 32.1 Å². The fourth-order valence-electron chi connectivity index (χ4n) is 2.86. The molecule has 0 aliphatic carbocycles. The van der Waals surface area contributed by atoms with Gasteiger partial charge >= 0.3 is 0 Å². The van der Waals surface area contributed by atoms with E-state index in [-0.39, 0.29) is 17.9 Å². The molecule has 0 radical (unpaired) electrons. The largest absolute Gasteiger partial charge is 0.385 e. The molecule has 2 rings (SSSR count). The van der Waals surface area contributed by atoms with Gasteiger partial charge in [0.1, 0.15) is 0 Å². The number of nitrogens with zero attached hydrogens (tertiary/aromatic N) is 1. The lowest BCUT2D eigenvalue weighted by Gasteiger charge is -2.41. The van der Waals surface area contributed by atoms with Crippen LogP contribution >= 0.6 is 0 Å². The van der Waals surface area contributed by atoms with Gasteiger partial charge in [-0.1, -0.05) is 0 Å². The molecule has 1 N–H and O–H groups in total. The van der Waals surface area contributed by atoms with Crippen molar-refractivity contribution < 1.29 is 14.3 Å². The second-order valence-corrected chi connectivity index (χ2v) is 5.20. The second-order valence-electron chi connectivity index (χ2n) is 5.20. The molecule has 0 aromatic carbocycles. The number of rotatable bonds is 4. The van der Waals surface area contributed by atoms with Crippen LogP contribution in [-0.4, -0.2) is 49.6 Å². The van der Waals surface area contributed by atoms with E-state index < -0.39 is 0 Å². The molecule has 2 heterocycles. The SMILES string of the molecule is COCCCC(=O)N1CCC2NC(=O)CCC2C1. The molecule has 0 saturated carbocycles. The average Bonchev–Trinajstić information content (AvgIpc) is 2.38.